The largest absolute Gasteiger partial charge is 0.551 e. The van der Waals surface area contributed by atoms with Gasteiger partial charge < -0.3 is 33.9 Å². The monoisotopic (exact) mass is 617 g/mol. The number of ether oxygens (including phenoxy) is 3. The standard InChI is InChI=1S/C17H25N2O4.C2H5.CH3.Es/c1-10(2)22-14-8-7-11-12(18-14)9-13(21-6)15(11)19-16(20)23-17(3,4)5;1-2;;/h7-8,10,13,15H,6,9H2,1-5H3,(H,19,20);1H2,2H3;1H3;/q3*-1;. The first-order valence-corrected chi connectivity index (χ1v) is 8.47. The van der Waals surface area contributed by atoms with Crippen LogP contribution in [-0.4, -0.2) is 28.9 Å². The van der Waals surface area contributed by atoms with Gasteiger partial charge in [-0.3, -0.25) is 0 Å². The van der Waals surface area contributed by atoms with E-state index < -0.39 is 11.7 Å². The number of carbonyl (C=O) groups excluding carboxylic acids is 1. The van der Waals surface area contributed by atoms with E-state index in [2.05, 4.69) is 24.3 Å². The molecule has 1 N–H and O–H groups in total. The van der Waals surface area contributed by atoms with Crippen molar-refractivity contribution in [2.75, 3.05) is 0 Å². The number of aromatic nitrogens is 1. The quantitative estimate of drug-likeness (QED) is 0.506. The first kappa shape index (κ1) is 26.4. The van der Waals surface area contributed by atoms with Crippen LogP contribution in [0.15, 0.2) is 12.1 Å². The second-order valence-corrected chi connectivity index (χ2v) is 6.89. The molecule has 0 spiro atoms. The molecule has 1 radical (unpaired) electrons. The van der Waals surface area contributed by atoms with Gasteiger partial charge in [0.15, 0.2) is 0 Å². The summed E-state index contributed by atoms with van der Waals surface area (Å²) in [5.74, 6) is 0.569. The second-order valence-electron chi connectivity index (χ2n) is 6.89. The Morgan fingerprint density at radius 1 is 1.30 bits per heavy atom. The van der Waals surface area contributed by atoms with Crippen molar-refractivity contribution in [3.05, 3.63) is 44.9 Å². The van der Waals surface area contributed by atoms with Crippen LogP contribution in [-0.2, 0) is 15.9 Å². The molecule has 161 valence electrons. The third kappa shape index (κ3) is 7.52. The number of amides is 1. The summed E-state index contributed by atoms with van der Waals surface area (Å²) in [4.78, 5) is 16.5. The molecule has 27 heavy (non-hydrogen) atoms. The summed E-state index contributed by atoms with van der Waals surface area (Å²) in [5.41, 5.74) is 1.19. The molecule has 1 amide bonds. The Hall–Kier alpha value is -2.82. The molecule has 2 atom stereocenters. The number of carbonyl (C=O) groups is 1. The molecular formula is C20H33EsN2O4-3. The van der Waals surface area contributed by atoms with Gasteiger partial charge in [-0.05, 0) is 46.2 Å². The van der Waals surface area contributed by atoms with Gasteiger partial charge >= 0.3 is 6.09 Å². The molecule has 0 bridgehead atoms. The zero-order valence-electron chi connectivity index (χ0n) is 17.4. The molecule has 0 aliphatic heterocycles. The minimum atomic E-state index is -0.556. The van der Waals surface area contributed by atoms with E-state index in [1.54, 1.807) is 13.0 Å². The number of fused-ring (bicyclic) bond motifs is 1. The van der Waals surface area contributed by atoms with Crippen molar-refractivity contribution < 1.29 is 19.0 Å². The zero-order valence-corrected chi connectivity index (χ0v) is 19.9. The average molecular weight is 617 g/mol. The van der Waals surface area contributed by atoms with Gasteiger partial charge in [0.25, 0.3) is 0 Å². The molecule has 0 aromatic carbocycles. The van der Waals surface area contributed by atoms with Gasteiger partial charge in [-0.1, -0.05) is 0 Å². The fourth-order valence-corrected chi connectivity index (χ4v) is 2.51. The van der Waals surface area contributed by atoms with Crippen molar-refractivity contribution in [1.29, 1.82) is 0 Å². The van der Waals surface area contributed by atoms with E-state index in [-0.39, 0.29) is 25.7 Å². The maximum absolute atomic E-state index is 12.0. The number of nitrogens with zero attached hydrogens (tertiary/aromatic N) is 1. The summed E-state index contributed by atoms with van der Waals surface area (Å²) >= 11 is 0. The molecule has 1 aliphatic carbocycles. The van der Waals surface area contributed by atoms with Crippen molar-refractivity contribution in [1.82, 2.24) is 10.3 Å². The van der Waals surface area contributed by atoms with E-state index in [1.807, 2.05) is 40.7 Å². The van der Waals surface area contributed by atoms with Crippen LogP contribution in [0.3, 0.4) is 0 Å². The van der Waals surface area contributed by atoms with Crippen LogP contribution < -0.4 is 10.1 Å². The third-order valence-corrected chi connectivity index (χ3v) is 3.33. The van der Waals surface area contributed by atoms with Gasteiger partial charge in [-0.2, -0.15) is 6.92 Å². The fraction of sp³-hybridized carbons (Fsp3) is 0.550. The molecule has 0 saturated heterocycles. The first-order valence-electron chi connectivity index (χ1n) is 8.47. The maximum Gasteiger partial charge on any atom is 0.408 e. The van der Waals surface area contributed by atoms with Crippen molar-refractivity contribution in [2.24, 2.45) is 0 Å². The molecule has 0 saturated carbocycles. The van der Waals surface area contributed by atoms with E-state index in [1.165, 1.54) is 0 Å². The predicted octanol–water partition coefficient (Wildman–Crippen LogP) is 4.46. The minimum absolute atomic E-state index is 0. The average Bonchev–Trinajstić information content (AvgIpc) is 2.84. The Morgan fingerprint density at radius 3 is 2.37 bits per heavy atom. The summed E-state index contributed by atoms with van der Waals surface area (Å²) in [6.45, 7) is 14.4. The topological polar surface area (TPSA) is 69.7 Å². The normalized spacial score (nSPS) is 17.5. The number of alkyl carbamates (subject to hydrolysis) is 1. The van der Waals surface area contributed by atoms with Crippen LogP contribution in [0.1, 0.15) is 58.8 Å². The Kier molecular flexibility index (Phi) is 10.8. The van der Waals surface area contributed by atoms with E-state index in [9.17, 15) is 4.79 Å². The summed E-state index contributed by atoms with van der Waals surface area (Å²) in [6, 6.07) is 3.37. The Bertz CT molecular complexity index is 574. The van der Waals surface area contributed by atoms with Crippen molar-refractivity contribution >= 4 is 6.09 Å². The predicted molar refractivity (Wildman–Crippen MR) is 103 cm³/mol. The maximum atomic E-state index is 12.0. The fourth-order valence-electron chi connectivity index (χ4n) is 2.51. The zero-order chi connectivity index (χ0) is 19.2. The molecule has 6 nitrogen and oxygen atoms in total. The minimum Gasteiger partial charge on any atom is -0.551 e. The van der Waals surface area contributed by atoms with E-state index in [0.29, 0.717) is 12.3 Å². The summed E-state index contributed by atoms with van der Waals surface area (Å²) in [6.07, 6.45) is -0.147. The van der Waals surface area contributed by atoms with Gasteiger partial charge in [0.1, 0.15) is 5.60 Å². The molecule has 1 aliphatic rings. The van der Waals surface area contributed by atoms with Gasteiger partial charge in [-0.25, -0.2) is 16.9 Å². The van der Waals surface area contributed by atoms with Crippen LogP contribution >= 0.6 is 0 Å². The summed E-state index contributed by atoms with van der Waals surface area (Å²) < 4.78 is 16.2. The molecule has 1 heterocycles. The van der Waals surface area contributed by atoms with Crippen molar-refractivity contribution in [3.63, 3.8) is 0 Å². The second kappa shape index (κ2) is 11.0. The van der Waals surface area contributed by atoms with Crippen LogP contribution in [0.25, 0.3) is 0 Å². The Balaban J connectivity index is 0. The Morgan fingerprint density at radius 2 is 1.89 bits per heavy atom. The summed E-state index contributed by atoms with van der Waals surface area (Å²) in [5, 5.41) is 2.85. The van der Waals surface area contributed by atoms with Gasteiger partial charge in [0.05, 0.1) is 23.9 Å². The SMILES string of the molecule is [CH2-]C.[CH2-]OC1Cc2nc(OC(C)C)ccc2C1NC(=O)OC(C)(C)C.[CH3-].[Es]. The first-order chi connectivity index (χ1) is 11.7. The van der Waals surface area contributed by atoms with Crippen LogP contribution in [0, 0.1) is 21.5 Å². The van der Waals surface area contributed by atoms with Gasteiger partial charge in [-0.15, -0.1) is 0 Å². The molecule has 7 heteroatoms. The number of nitrogens with one attached hydrogen (secondary N) is 1. The molecule has 2 rings (SSSR count). The van der Waals surface area contributed by atoms with Gasteiger partial charge in [0.2, 0.25) is 5.88 Å². The van der Waals surface area contributed by atoms with Crippen LogP contribution in [0.5, 0.6) is 5.88 Å². The number of hydrogen-bond acceptors (Lipinski definition) is 5. The molecule has 0 fully saturated rings. The number of pyridine rings is 1. The van der Waals surface area contributed by atoms with Gasteiger partial charge in [0, 0.05) is 12.5 Å². The van der Waals surface area contributed by atoms with Crippen LogP contribution in [0.2, 0.25) is 0 Å². The third-order valence-electron chi connectivity index (χ3n) is 3.33. The van der Waals surface area contributed by atoms with E-state index >= 15 is 0 Å². The molecular weight excluding hydrogens is 584 g/mol. The van der Waals surface area contributed by atoms with Crippen molar-refractivity contribution in [3.8, 4) is 5.88 Å². The van der Waals surface area contributed by atoms with E-state index in [4.69, 9.17) is 14.2 Å². The molecule has 2 unspecified atom stereocenters. The smallest absolute Gasteiger partial charge is 0.408 e. The molecule has 1 aromatic heterocycles. The molecule has 1 aromatic rings. The number of hydrogen-bond donors (Lipinski definition) is 1. The number of rotatable bonds is 4. The summed E-state index contributed by atoms with van der Waals surface area (Å²) in [7, 11) is 3.50. The van der Waals surface area contributed by atoms with Crippen molar-refractivity contribution in [2.45, 2.75) is 71.8 Å². The van der Waals surface area contributed by atoms with Crippen LogP contribution in [0.4, 0.5) is 4.79 Å². The Labute approximate surface area is 158 Å². The van der Waals surface area contributed by atoms with E-state index in [0.717, 1.165) is 11.3 Å².